The number of benzene rings is 2. The standard InChI is InChI=1S/C18H21NO/c1-13-5-8-18(16(11-13)9-10-19)20-17-7-6-14-3-2-4-15(14)12-17/h5-8,11-12H,2-4,9-10,19H2,1H3. The average Bonchev–Trinajstić information content (AvgIpc) is 2.89. The zero-order valence-corrected chi connectivity index (χ0v) is 12.0. The predicted molar refractivity (Wildman–Crippen MR) is 82.5 cm³/mol. The second-order valence-corrected chi connectivity index (χ2v) is 5.54. The summed E-state index contributed by atoms with van der Waals surface area (Å²) in [5, 5.41) is 0. The van der Waals surface area contributed by atoms with Gasteiger partial charge in [0.2, 0.25) is 0 Å². The molecule has 1 aliphatic carbocycles. The van der Waals surface area contributed by atoms with Crippen LogP contribution in [-0.2, 0) is 19.3 Å². The molecule has 3 rings (SSSR count). The van der Waals surface area contributed by atoms with Crippen LogP contribution in [-0.4, -0.2) is 6.54 Å². The first kappa shape index (κ1) is 13.2. The second-order valence-electron chi connectivity index (χ2n) is 5.54. The van der Waals surface area contributed by atoms with E-state index >= 15 is 0 Å². The number of aryl methyl sites for hydroxylation is 3. The number of ether oxygens (including phenoxy) is 1. The summed E-state index contributed by atoms with van der Waals surface area (Å²) < 4.78 is 6.09. The van der Waals surface area contributed by atoms with Crippen LogP contribution in [0.25, 0.3) is 0 Å². The molecule has 0 aliphatic heterocycles. The number of hydrogen-bond acceptors (Lipinski definition) is 2. The Hall–Kier alpha value is -1.80. The molecule has 0 saturated heterocycles. The summed E-state index contributed by atoms with van der Waals surface area (Å²) in [4.78, 5) is 0. The first-order valence-corrected chi connectivity index (χ1v) is 7.35. The Kier molecular flexibility index (Phi) is 3.75. The number of fused-ring (bicyclic) bond motifs is 1. The lowest BCUT2D eigenvalue weighted by molar-refractivity contribution is 0.475. The molecule has 0 fully saturated rings. The average molecular weight is 267 g/mol. The quantitative estimate of drug-likeness (QED) is 0.915. The maximum Gasteiger partial charge on any atom is 0.130 e. The van der Waals surface area contributed by atoms with Crippen molar-refractivity contribution >= 4 is 0 Å². The molecule has 2 N–H and O–H groups in total. The predicted octanol–water partition coefficient (Wildman–Crippen LogP) is 3.78. The van der Waals surface area contributed by atoms with Gasteiger partial charge in [-0.2, -0.15) is 0 Å². The Labute approximate surface area is 120 Å². The lowest BCUT2D eigenvalue weighted by atomic mass is 10.1. The van der Waals surface area contributed by atoms with E-state index in [9.17, 15) is 0 Å². The Morgan fingerprint density at radius 3 is 2.75 bits per heavy atom. The summed E-state index contributed by atoms with van der Waals surface area (Å²) in [6.45, 7) is 2.74. The van der Waals surface area contributed by atoms with Crippen molar-refractivity contribution in [3.05, 3.63) is 58.7 Å². The van der Waals surface area contributed by atoms with Crippen molar-refractivity contribution < 1.29 is 4.74 Å². The van der Waals surface area contributed by atoms with Gasteiger partial charge >= 0.3 is 0 Å². The van der Waals surface area contributed by atoms with Crippen molar-refractivity contribution in [1.29, 1.82) is 0 Å². The minimum absolute atomic E-state index is 0.643. The van der Waals surface area contributed by atoms with Crippen molar-refractivity contribution in [2.75, 3.05) is 6.54 Å². The fourth-order valence-electron chi connectivity index (χ4n) is 2.90. The molecule has 2 aromatic carbocycles. The van der Waals surface area contributed by atoms with Crippen molar-refractivity contribution in [2.24, 2.45) is 5.73 Å². The van der Waals surface area contributed by atoms with E-state index in [1.54, 1.807) is 0 Å². The Morgan fingerprint density at radius 1 is 1.05 bits per heavy atom. The van der Waals surface area contributed by atoms with Crippen LogP contribution in [0.15, 0.2) is 36.4 Å². The zero-order chi connectivity index (χ0) is 13.9. The van der Waals surface area contributed by atoms with Crippen molar-refractivity contribution in [3.63, 3.8) is 0 Å². The van der Waals surface area contributed by atoms with Crippen LogP contribution in [0.1, 0.15) is 28.7 Å². The van der Waals surface area contributed by atoms with Gasteiger partial charge in [0.1, 0.15) is 11.5 Å². The van der Waals surface area contributed by atoms with Gasteiger partial charge in [-0.25, -0.2) is 0 Å². The molecule has 2 heteroatoms. The molecule has 0 heterocycles. The van der Waals surface area contributed by atoms with Gasteiger partial charge in [-0.05, 0) is 74.0 Å². The van der Waals surface area contributed by atoms with E-state index < -0.39 is 0 Å². The number of hydrogen-bond donors (Lipinski definition) is 1. The van der Waals surface area contributed by atoms with E-state index in [4.69, 9.17) is 10.5 Å². The van der Waals surface area contributed by atoms with Gasteiger partial charge in [0.25, 0.3) is 0 Å². The maximum atomic E-state index is 6.09. The van der Waals surface area contributed by atoms with Crippen LogP contribution in [0.2, 0.25) is 0 Å². The summed E-state index contributed by atoms with van der Waals surface area (Å²) in [7, 11) is 0. The highest BCUT2D eigenvalue weighted by Gasteiger charge is 2.12. The monoisotopic (exact) mass is 267 g/mol. The molecule has 1 aliphatic rings. The van der Waals surface area contributed by atoms with Crippen LogP contribution >= 0.6 is 0 Å². The van der Waals surface area contributed by atoms with Crippen LogP contribution in [0.3, 0.4) is 0 Å². The lowest BCUT2D eigenvalue weighted by Gasteiger charge is -2.12. The summed E-state index contributed by atoms with van der Waals surface area (Å²) in [5.74, 6) is 1.87. The number of nitrogens with two attached hydrogens (primary N) is 1. The molecule has 2 nitrogen and oxygen atoms in total. The minimum Gasteiger partial charge on any atom is -0.457 e. The highest BCUT2D eigenvalue weighted by Crippen LogP contribution is 2.31. The Morgan fingerprint density at radius 2 is 1.90 bits per heavy atom. The van der Waals surface area contributed by atoms with Crippen molar-refractivity contribution in [2.45, 2.75) is 32.6 Å². The summed E-state index contributed by atoms with van der Waals surface area (Å²) in [6.07, 6.45) is 4.50. The molecular weight excluding hydrogens is 246 g/mol. The zero-order valence-electron chi connectivity index (χ0n) is 12.0. The van der Waals surface area contributed by atoms with E-state index in [0.29, 0.717) is 6.54 Å². The molecule has 0 spiro atoms. The maximum absolute atomic E-state index is 6.09. The van der Waals surface area contributed by atoms with Crippen molar-refractivity contribution in [3.8, 4) is 11.5 Å². The van der Waals surface area contributed by atoms with E-state index in [1.165, 1.54) is 41.5 Å². The molecule has 0 radical (unpaired) electrons. The molecule has 0 saturated carbocycles. The normalized spacial score (nSPS) is 13.3. The van der Waals surface area contributed by atoms with Crippen LogP contribution in [0.4, 0.5) is 0 Å². The minimum atomic E-state index is 0.643. The fourth-order valence-corrected chi connectivity index (χ4v) is 2.90. The SMILES string of the molecule is Cc1ccc(Oc2ccc3c(c2)CCC3)c(CCN)c1. The van der Waals surface area contributed by atoms with Gasteiger partial charge in [0, 0.05) is 0 Å². The van der Waals surface area contributed by atoms with E-state index in [0.717, 1.165) is 17.9 Å². The Bertz CT molecular complexity index is 619. The summed E-state index contributed by atoms with van der Waals surface area (Å²) in [5.41, 5.74) is 11.0. The second kappa shape index (κ2) is 5.68. The van der Waals surface area contributed by atoms with Crippen LogP contribution < -0.4 is 10.5 Å². The van der Waals surface area contributed by atoms with Gasteiger partial charge < -0.3 is 10.5 Å². The number of rotatable bonds is 4. The highest BCUT2D eigenvalue weighted by atomic mass is 16.5. The van der Waals surface area contributed by atoms with Gasteiger partial charge in [-0.15, -0.1) is 0 Å². The topological polar surface area (TPSA) is 35.2 Å². The van der Waals surface area contributed by atoms with Gasteiger partial charge in [-0.3, -0.25) is 0 Å². The molecule has 0 unspecified atom stereocenters. The molecule has 0 aromatic heterocycles. The third-order valence-electron chi connectivity index (χ3n) is 3.93. The first-order valence-electron chi connectivity index (χ1n) is 7.35. The molecular formula is C18H21NO. The van der Waals surface area contributed by atoms with Crippen LogP contribution in [0.5, 0.6) is 11.5 Å². The van der Waals surface area contributed by atoms with Gasteiger partial charge in [0.05, 0.1) is 0 Å². The summed E-state index contributed by atoms with van der Waals surface area (Å²) in [6, 6.07) is 12.8. The smallest absolute Gasteiger partial charge is 0.130 e. The lowest BCUT2D eigenvalue weighted by Crippen LogP contribution is -2.04. The van der Waals surface area contributed by atoms with E-state index in [2.05, 4.69) is 37.3 Å². The van der Waals surface area contributed by atoms with Crippen molar-refractivity contribution in [1.82, 2.24) is 0 Å². The van der Waals surface area contributed by atoms with E-state index in [-0.39, 0.29) is 0 Å². The summed E-state index contributed by atoms with van der Waals surface area (Å²) >= 11 is 0. The molecule has 20 heavy (non-hydrogen) atoms. The first-order chi connectivity index (χ1) is 9.76. The largest absolute Gasteiger partial charge is 0.457 e. The van der Waals surface area contributed by atoms with E-state index in [1.807, 2.05) is 6.07 Å². The highest BCUT2D eigenvalue weighted by molar-refractivity contribution is 5.43. The molecule has 0 bridgehead atoms. The molecule has 104 valence electrons. The third kappa shape index (κ3) is 2.70. The van der Waals surface area contributed by atoms with Crippen LogP contribution in [0, 0.1) is 6.92 Å². The molecule has 2 aromatic rings. The van der Waals surface area contributed by atoms with Gasteiger partial charge in [0.15, 0.2) is 0 Å². The van der Waals surface area contributed by atoms with Gasteiger partial charge in [-0.1, -0.05) is 23.8 Å². The molecule has 0 atom stereocenters. The fraction of sp³-hybridized carbons (Fsp3) is 0.333. The third-order valence-corrected chi connectivity index (χ3v) is 3.93. The Balaban J connectivity index is 1.87. The molecule has 0 amide bonds.